The molecule has 1 aromatic heterocycles. The molecule has 3 rings (SSSR count). The first kappa shape index (κ1) is 23.0. The smallest absolute Gasteiger partial charge is 0.159 e. The average Bonchev–Trinajstić information content (AvgIpc) is 3.53. The summed E-state index contributed by atoms with van der Waals surface area (Å²) < 4.78 is 11.7. The Bertz CT molecular complexity index is 749. The maximum atomic E-state index is 5.90. The molecule has 1 unspecified atom stereocenters. The molecule has 0 aliphatic carbocycles. The number of rotatable bonds is 13. The summed E-state index contributed by atoms with van der Waals surface area (Å²) in [5.41, 5.74) is 3.21. The van der Waals surface area contributed by atoms with Crippen LogP contribution in [0.2, 0.25) is 18.6 Å². The van der Waals surface area contributed by atoms with E-state index in [-0.39, 0.29) is 6.10 Å². The van der Waals surface area contributed by atoms with Crippen molar-refractivity contribution in [3.05, 3.63) is 42.2 Å². The van der Waals surface area contributed by atoms with Gasteiger partial charge in [-0.1, -0.05) is 76.9 Å². The van der Waals surface area contributed by atoms with Crippen LogP contribution in [0.1, 0.15) is 70.5 Å². The molecule has 0 spiro atoms. The van der Waals surface area contributed by atoms with Crippen molar-refractivity contribution in [1.82, 2.24) is 9.97 Å². The highest BCUT2D eigenvalue weighted by Crippen LogP contribution is 2.41. The van der Waals surface area contributed by atoms with Gasteiger partial charge in [-0.2, -0.15) is 0 Å². The summed E-state index contributed by atoms with van der Waals surface area (Å²) in [6.07, 6.45) is 13.0. The summed E-state index contributed by atoms with van der Waals surface area (Å²) in [4.78, 5) is 9.01. The molecule has 1 saturated heterocycles. The van der Waals surface area contributed by atoms with E-state index >= 15 is 0 Å². The Labute approximate surface area is 184 Å². The fourth-order valence-corrected chi connectivity index (χ4v) is 5.92. The lowest BCUT2D eigenvalue weighted by Gasteiger charge is -2.19. The van der Waals surface area contributed by atoms with E-state index in [4.69, 9.17) is 9.47 Å². The first-order chi connectivity index (χ1) is 14.6. The number of epoxide rings is 1. The molecule has 30 heavy (non-hydrogen) atoms. The second-order valence-corrected chi connectivity index (χ2v) is 12.3. The van der Waals surface area contributed by atoms with Crippen LogP contribution in [0.15, 0.2) is 36.7 Å². The predicted molar refractivity (Wildman–Crippen MR) is 127 cm³/mol. The molecule has 5 heteroatoms. The summed E-state index contributed by atoms with van der Waals surface area (Å²) in [7, 11) is -0.577. The summed E-state index contributed by atoms with van der Waals surface area (Å²) in [6, 6.07) is 8.44. The van der Waals surface area contributed by atoms with E-state index in [9.17, 15) is 0 Å². The van der Waals surface area contributed by atoms with Crippen molar-refractivity contribution in [3.63, 3.8) is 0 Å². The van der Waals surface area contributed by atoms with Gasteiger partial charge in [0.05, 0.1) is 25.1 Å². The van der Waals surface area contributed by atoms with Crippen LogP contribution in [0.4, 0.5) is 0 Å². The molecule has 0 N–H and O–H groups in total. The first-order valence-electron chi connectivity index (χ1n) is 11.8. The van der Waals surface area contributed by atoms with E-state index in [2.05, 4.69) is 61.2 Å². The summed E-state index contributed by atoms with van der Waals surface area (Å²) in [5, 5.41) is 0. The fourth-order valence-electron chi connectivity index (χ4n) is 4.11. The van der Waals surface area contributed by atoms with E-state index < -0.39 is 8.80 Å². The molecular formula is C25H38N2O2Si. The van der Waals surface area contributed by atoms with Crippen molar-refractivity contribution >= 4 is 8.80 Å². The van der Waals surface area contributed by atoms with E-state index in [1.807, 2.05) is 0 Å². The summed E-state index contributed by atoms with van der Waals surface area (Å²) >= 11 is 0. The minimum atomic E-state index is -0.577. The van der Waals surface area contributed by atoms with Crippen molar-refractivity contribution in [3.8, 4) is 17.1 Å². The molecule has 0 amide bonds. The standard InChI is InChI=1S/C25H38N2O2Si/c1-5-7-10-22(30(3)4)11-8-16-28-21-17-26-25(27-18-21)20-14-12-19(13-15-20)24-23(29-24)9-6-2/h12-15,17-18,22-24,30H,5-11,16H2,1-4H3/t22?,23-,24-/m1/s1. The topological polar surface area (TPSA) is 47.5 Å². The predicted octanol–water partition coefficient (Wildman–Crippen LogP) is 6.59. The molecule has 1 aliphatic rings. The highest BCUT2D eigenvalue weighted by atomic mass is 28.3. The SMILES string of the molecule is CCCCC(CCCOc1cnc(-c2ccc([C@H]3O[C@@H]3CCC)cc2)nc1)[SiH](C)C. The first-order valence-corrected chi connectivity index (χ1v) is 14.8. The van der Waals surface area contributed by atoms with Crippen molar-refractivity contribution in [2.24, 2.45) is 0 Å². The third kappa shape index (κ3) is 6.64. The molecule has 4 nitrogen and oxygen atoms in total. The molecule has 1 aliphatic heterocycles. The Kier molecular flexibility index (Phi) is 8.88. The fraction of sp³-hybridized carbons (Fsp3) is 0.600. The number of ether oxygens (including phenoxy) is 2. The van der Waals surface area contributed by atoms with Gasteiger partial charge in [-0.25, -0.2) is 9.97 Å². The van der Waals surface area contributed by atoms with E-state index in [0.717, 1.165) is 42.1 Å². The van der Waals surface area contributed by atoms with Gasteiger partial charge in [-0.05, 0) is 30.4 Å². The van der Waals surface area contributed by atoms with Gasteiger partial charge in [0.25, 0.3) is 0 Å². The highest BCUT2D eigenvalue weighted by Gasteiger charge is 2.38. The van der Waals surface area contributed by atoms with E-state index in [0.29, 0.717) is 6.10 Å². The van der Waals surface area contributed by atoms with Crippen LogP contribution in [0.25, 0.3) is 11.4 Å². The third-order valence-electron chi connectivity index (χ3n) is 6.14. The number of hydrogen-bond acceptors (Lipinski definition) is 4. The summed E-state index contributed by atoms with van der Waals surface area (Å²) in [6.45, 7) is 10.2. The monoisotopic (exact) mass is 426 g/mol. The molecule has 1 fully saturated rings. The Morgan fingerprint density at radius 2 is 1.70 bits per heavy atom. The second-order valence-electron chi connectivity index (χ2n) is 8.89. The van der Waals surface area contributed by atoms with Crippen LogP contribution >= 0.6 is 0 Å². The maximum absolute atomic E-state index is 5.90. The highest BCUT2D eigenvalue weighted by molar-refractivity contribution is 6.57. The van der Waals surface area contributed by atoms with Gasteiger partial charge < -0.3 is 9.47 Å². The number of hydrogen-bond donors (Lipinski definition) is 0. The van der Waals surface area contributed by atoms with Gasteiger partial charge >= 0.3 is 0 Å². The van der Waals surface area contributed by atoms with Crippen molar-refractivity contribution < 1.29 is 9.47 Å². The molecule has 0 radical (unpaired) electrons. The van der Waals surface area contributed by atoms with Gasteiger partial charge in [0.1, 0.15) is 6.10 Å². The minimum Gasteiger partial charge on any atom is -0.490 e. The Morgan fingerprint density at radius 3 is 2.33 bits per heavy atom. The van der Waals surface area contributed by atoms with Crippen LogP contribution in [0.5, 0.6) is 5.75 Å². The molecule has 2 heterocycles. The molecule has 2 aromatic rings. The zero-order valence-electron chi connectivity index (χ0n) is 19.1. The average molecular weight is 427 g/mol. The second kappa shape index (κ2) is 11.6. The largest absolute Gasteiger partial charge is 0.490 e. The lowest BCUT2D eigenvalue weighted by atomic mass is 10.1. The lowest BCUT2D eigenvalue weighted by Crippen LogP contribution is -2.13. The normalized spacial score (nSPS) is 19.1. The van der Waals surface area contributed by atoms with Crippen molar-refractivity contribution in [2.45, 2.75) is 89.6 Å². The number of benzene rings is 1. The third-order valence-corrected chi connectivity index (χ3v) is 8.69. The van der Waals surface area contributed by atoms with Crippen LogP contribution in [-0.4, -0.2) is 31.5 Å². The number of nitrogens with zero attached hydrogens (tertiary/aromatic N) is 2. The molecule has 0 bridgehead atoms. The van der Waals surface area contributed by atoms with Crippen LogP contribution in [0, 0.1) is 0 Å². The van der Waals surface area contributed by atoms with Crippen molar-refractivity contribution in [1.29, 1.82) is 0 Å². The Hall–Kier alpha value is -1.72. The van der Waals surface area contributed by atoms with Gasteiger partial charge in [0, 0.05) is 14.4 Å². The van der Waals surface area contributed by atoms with Crippen molar-refractivity contribution in [2.75, 3.05) is 6.61 Å². The Morgan fingerprint density at radius 1 is 1.00 bits per heavy atom. The molecule has 1 aromatic carbocycles. The Balaban J connectivity index is 1.44. The molecular weight excluding hydrogens is 388 g/mol. The zero-order chi connectivity index (χ0) is 21.3. The zero-order valence-corrected chi connectivity index (χ0v) is 20.3. The van der Waals surface area contributed by atoms with Gasteiger partial charge in [0.2, 0.25) is 0 Å². The molecule has 3 atom stereocenters. The number of unbranched alkanes of at least 4 members (excludes halogenated alkanes) is 1. The van der Waals surface area contributed by atoms with Crippen LogP contribution in [0.3, 0.4) is 0 Å². The maximum Gasteiger partial charge on any atom is 0.159 e. The lowest BCUT2D eigenvalue weighted by molar-refractivity contribution is 0.302. The quantitative estimate of drug-likeness (QED) is 0.206. The van der Waals surface area contributed by atoms with Gasteiger partial charge in [-0.3, -0.25) is 0 Å². The minimum absolute atomic E-state index is 0.274. The van der Waals surface area contributed by atoms with Gasteiger partial charge in [-0.15, -0.1) is 0 Å². The van der Waals surface area contributed by atoms with E-state index in [1.54, 1.807) is 12.4 Å². The summed E-state index contributed by atoms with van der Waals surface area (Å²) in [5.74, 6) is 1.50. The van der Waals surface area contributed by atoms with Crippen LogP contribution < -0.4 is 4.74 Å². The molecule has 164 valence electrons. The van der Waals surface area contributed by atoms with Crippen LogP contribution in [-0.2, 0) is 4.74 Å². The van der Waals surface area contributed by atoms with Gasteiger partial charge in [0.15, 0.2) is 11.6 Å². The van der Waals surface area contributed by atoms with E-state index in [1.165, 1.54) is 37.7 Å². The number of aromatic nitrogens is 2. The molecule has 0 saturated carbocycles.